The van der Waals surface area contributed by atoms with Crippen molar-refractivity contribution >= 4 is 17.7 Å². The Labute approximate surface area is 143 Å². The fraction of sp³-hybridized carbons (Fsp3) is 0.833. The number of hydrogen-bond acceptors (Lipinski definition) is 3. The van der Waals surface area contributed by atoms with Gasteiger partial charge in [-0.3, -0.25) is 14.4 Å². The molecule has 0 aromatic rings. The van der Waals surface area contributed by atoms with Crippen LogP contribution >= 0.6 is 0 Å². The molecule has 0 aliphatic carbocycles. The summed E-state index contributed by atoms with van der Waals surface area (Å²) in [5, 5.41) is 3.04. The minimum Gasteiger partial charge on any atom is -0.351 e. The van der Waals surface area contributed by atoms with Crippen LogP contribution in [0, 0.1) is 11.3 Å². The smallest absolute Gasteiger partial charge is 0.245 e. The summed E-state index contributed by atoms with van der Waals surface area (Å²) < 4.78 is 0. The van der Waals surface area contributed by atoms with Crippen LogP contribution in [-0.4, -0.2) is 59.2 Å². The van der Waals surface area contributed by atoms with Crippen LogP contribution in [0.15, 0.2) is 0 Å². The van der Waals surface area contributed by atoms with Gasteiger partial charge >= 0.3 is 0 Å². The molecule has 134 valence electrons. The molecule has 3 saturated heterocycles. The van der Waals surface area contributed by atoms with Crippen LogP contribution in [0.1, 0.15) is 52.9 Å². The molecule has 0 spiro atoms. The normalized spacial score (nSPS) is 28.5. The van der Waals surface area contributed by atoms with Crippen LogP contribution in [0.3, 0.4) is 0 Å². The molecule has 3 heterocycles. The quantitative estimate of drug-likeness (QED) is 0.784. The van der Waals surface area contributed by atoms with E-state index in [1.54, 1.807) is 4.90 Å². The van der Waals surface area contributed by atoms with E-state index in [0.29, 0.717) is 25.3 Å². The fourth-order valence-electron chi connectivity index (χ4n) is 4.47. The molecule has 3 rings (SSSR count). The molecular weight excluding hydrogens is 306 g/mol. The van der Waals surface area contributed by atoms with E-state index in [0.717, 1.165) is 32.4 Å². The minimum atomic E-state index is -0.295. The van der Waals surface area contributed by atoms with Gasteiger partial charge in [-0.1, -0.05) is 6.92 Å². The van der Waals surface area contributed by atoms with E-state index >= 15 is 0 Å². The zero-order valence-electron chi connectivity index (χ0n) is 15.0. The highest BCUT2D eigenvalue weighted by atomic mass is 16.2. The first-order valence-corrected chi connectivity index (χ1v) is 9.25. The Morgan fingerprint density at radius 2 is 1.92 bits per heavy atom. The fourth-order valence-corrected chi connectivity index (χ4v) is 4.47. The first kappa shape index (κ1) is 17.2. The van der Waals surface area contributed by atoms with E-state index < -0.39 is 0 Å². The average molecular weight is 335 g/mol. The molecule has 0 saturated carbocycles. The summed E-state index contributed by atoms with van der Waals surface area (Å²) in [6.45, 7) is 8.14. The highest BCUT2D eigenvalue weighted by molar-refractivity contribution is 5.90. The third-order valence-corrected chi connectivity index (χ3v) is 6.13. The van der Waals surface area contributed by atoms with Gasteiger partial charge in [-0.2, -0.15) is 0 Å². The van der Waals surface area contributed by atoms with Crippen molar-refractivity contribution in [1.29, 1.82) is 0 Å². The maximum absolute atomic E-state index is 12.9. The van der Waals surface area contributed by atoms with E-state index in [2.05, 4.69) is 5.32 Å². The molecule has 3 aliphatic heterocycles. The van der Waals surface area contributed by atoms with E-state index in [9.17, 15) is 14.4 Å². The minimum absolute atomic E-state index is 0.100. The van der Waals surface area contributed by atoms with E-state index in [1.807, 2.05) is 25.7 Å². The van der Waals surface area contributed by atoms with Crippen molar-refractivity contribution in [2.24, 2.45) is 11.3 Å². The molecule has 6 heteroatoms. The van der Waals surface area contributed by atoms with Gasteiger partial charge in [0.05, 0.1) is 5.41 Å². The van der Waals surface area contributed by atoms with Crippen molar-refractivity contribution in [3.63, 3.8) is 0 Å². The summed E-state index contributed by atoms with van der Waals surface area (Å²) in [6, 6.07) is -0.0687. The molecule has 24 heavy (non-hydrogen) atoms. The molecule has 3 fully saturated rings. The van der Waals surface area contributed by atoms with Gasteiger partial charge < -0.3 is 15.1 Å². The first-order chi connectivity index (χ1) is 11.4. The second-order valence-corrected chi connectivity index (χ2v) is 7.95. The van der Waals surface area contributed by atoms with Gasteiger partial charge in [-0.25, -0.2) is 0 Å². The van der Waals surface area contributed by atoms with Crippen molar-refractivity contribution in [3.05, 3.63) is 0 Å². The van der Waals surface area contributed by atoms with Crippen LogP contribution in [0.25, 0.3) is 0 Å². The van der Waals surface area contributed by atoms with E-state index in [-0.39, 0.29) is 35.2 Å². The van der Waals surface area contributed by atoms with Gasteiger partial charge in [-0.05, 0) is 45.4 Å². The Hall–Kier alpha value is -1.59. The topological polar surface area (TPSA) is 69.7 Å². The average Bonchev–Trinajstić information content (AvgIpc) is 2.99. The van der Waals surface area contributed by atoms with Gasteiger partial charge in [0.2, 0.25) is 17.7 Å². The second-order valence-electron chi connectivity index (χ2n) is 7.95. The van der Waals surface area contributed by atoms with Crippen molar-refractivity contribution < 1.29 is 14.4 Å². The lowest BCUT2D eigenvalue weighted by Gasteiger charge is -2.50. The molecule has 2 unspecified atom stereocenters. The van der Waals surface area contributed by atoms with Crippen LogP contribution in [0.4, 0.5) is 0 Å². The molecule has 0 bridgehead atoms. The molecule has 0 aromatic heterocycles. The summed E-state index contributed by atoms with van der Waals surface area (Å²) in [7, 11) is 0. The van der Waals surface area contributed by atoms with Crippen molar-refractivity contribution in [2.45, 2.75) is 65.0 Å². The zero-order valence-corrected chi connectivity index (χ0v) is 15.0. The van der Waals surface area contributed by atoms with Gasteiger partial charge in [0.15, 0.2) is 0 Å². The number of nitrogens with one attached hydrogen (secondary N) is 1. The predicted octanol–water partition coefficient (Wildman–Crippen LogP) is 1.15. The summed E-state index contributed by atoms with van der Waals surface area (Å²) in [5.74, 6) is 0.784. The molecule has 0 radical (unpaired) electrons. The highest BCUT2D eigenvalue weighted by Gasteiger charge is 2.51. The van der Waals surface area contributed by atoms with Gasteiger partial charge in [-0.15, -0.1) is 0 Å². The molecule has 6 nitrogen and oxygen atoms in total. The molecule has 2 atom stereocenters. The van der Waals surface area contributed by atoms with Gasteiger partial charge in [0.1, 0.15) is 6.04 Å². The Morgan fingerprint density at radius 1 is 1.25 bits per heavy atom. The van der Waals surface area contributed by atoms with Crippen LogP contribution in [0.2, 0.25) is 0 Å². The lowest BCUT2D eigenvalue weighted by molar-refractivity contribution is -0.149. The number of nitrogens with zero attached hydrogens (tertiary/aromatic N) is 2. The number of amides is 3. The Morgan fingerprint density at radius 3 is 2.38 bits per heavy atom. The summed E-state index contributed by atoms with van der Waals surface area (Å²) in [6.07, 6.45) is 3.95. The number of β-lactam (4-membered cyclic amide) rings is 1. The number of piperidine rings is 1. The summed E-state index contributed by atoms with van der Waals surface area (Å²) >= 11 is 0. The lowest BCUT2D eigenvalue weighted by Crippen LogP contribution is -2.68. The number of carbonyl (C=O) groups is 3. The number of rotatable bonds is 4. The van der Waals surface area contributed by atoms with Crippen molar-refractivity contribution in [1.82, 2.24) is 15.1 Å². The highest BCUT2D eigenvalue weighted by Crippen LogP contribution is 2.38. The molecule has 3 aliphatic rings. The van der Waals surface area contributed by atoms with Crippen LogP contribution < -0.4 is 5.32 Å². The first-order valence-electron chi connectivity index (χ1n) is 9.25. The Kier molecular flexibility index (Phi) is 4.58. The second kappa shape index (κ2) is 6.37. The van der Waals surface area contributed by atoms with Gasteiger partial charge in [0, 0.05) is 32.1 Å². The van der Waals surface area contributed by atoms with Crippen molar-refractivity contribution in [3.8, 4) is 0 Å². The number of carbonyl (C=O) groups excluding carboxylic acids is 3. The third-order valence-electron chi connectivity index (χ3n) is 6.13. The van der Waals surface area contributed by atoms with E-state index in [1.165, 1.54) is 0 Å². The van der Waals surface area contributed by atoms with E-state index in [4.69, 9.17) is 0 Å². The Balaban J connectivity index is 1.57. The maximum atomic E-state index is 12.9. The monoisotopic (exact) mass is 335 g/mol. The SMILES string of the molecule is CCC(C(=O)N1CCC(C2NC(=O)C2(C)C)CC1)N1CCCC1=O. The molecular formula is C18H29N3O3. The third kappa shape index (κ3) is 2.80. The summed E-state index contributed by atoms with van der Waals surface area (Å²) in [5.41, 5.74) is -0.287. The molecule has 0 aromatic carbocycles. The summed E-state index contributed by atoms with van der Waals surface area (Å²) in [4.78, 5) is 40.2. The molecule has 3 amide bonds. The van der Waals surface area contributed by atoms with Crippen LogP contribution in [0.5, 0.6) is 0 Å². The standard InChI is InChI=1S/C18H29N3O3/c1-4-13(21-9-5-6-14(21)22)16(23)20-10-7-12(8-11-20)15-18(2,3)17(24)19-15/h12-13,15H,4-11H2,1-3H3,(H,19,24). The number of hydrogen-bond donors (Lipinski definition) is 1. The number of likely N-dealkylation sites (tertiary alicyclic amines) is 2. The predicted molar refractivity (Wildman–Crippen MR) is 90.0 cm³/mol. The van der Waals surface area contributed by atoms with Crippen LogP contribution in [-0.2, 0) is 14.4 Å². The molecule has 1 N–H and O–H groups in total. The van der Waals surface area contributed by atoms with Crippen molar-refractivity contribution in [2.75, 3.05) is 19.6 Å². The van der Waals surface area contributed by atoms with Gasteiger partial charge in [0.25, 0.3) is 0 Å². The zero-order chi connectivity index (χ0) is 17.5. The largest absolute Gasteiger partial charge is 0.351 e. The lowest BCUT2D eigenvalue weighted by atomic mass is 9.68. The Bertz CT molecular complexity index is 538. The maximum Gasteiger partial charge on any atom is 0.245 e.